The van der Waals surface area contributed by atoms with Gasteiger partial charge in [0.2, 0.25) is 0 Å². The molecule has 2 heterocycles. The molecule has 1 aliphatic rings. The number of benzene rings is 2. The van der Waals surface area contributed by atoms with Crippen LogP contribution in [0.5, 0.6) is 0 Å². The smallest absolute Gasteiger partial charge is 0.262 e. The van der Waals surface area contributed by atoms with E-state index in [1.807, 2.05) is 6.07 Å². The van der Waals surface area contributed by atoms with Crippen LogP contribution in [0.4, 0.5) is 4.39 Å². The lowest BCUT2D eigenvalue weighted by Gasteiger charge is -2.16. The molecular weight excluding hydrogens is 379 g/mol. The van der Waals surface area contributed by atoms with Gasteiger partial charge in [0.15, 0.2) is 10.9 Å². The average Bonchev–Trinajstić information content (AvgIpc) is 3.22. The molecule has 4 rings (SSSR count). The Balaban J connectivity index is 1.65. The van der Waals surface area contributed by atoms with Gasteiger partial charge in [-0.25, -0.2) is 9.37 Å². The summed E-state index contributed by atoms with van der Waals surface area (Å²) >= 11 is 1.15. The van der Waals surface area contributed by atoms with Crippen LogP contribution in [0.25, 0.3) is 10.9 Å². The molecule has 2 aromatic carbocycles. The van der Waals surface area contributed by atoms with Crippen LogP contribution in [-0.2, 0) is 11.3 Å². The maximum absolute atomic E-state index is 13.9. The predicted molar refractivity (Wildman–Crippen MR) is 106 cm³/mol. The first-order chi connectivity index (χ1) is 13.6. The Bertz CT molecular complexity index is 1080. The summed E-state index contributed by atoms with van der Waals surface area (Å²) in [6, 6.07) is 13.0. The number of ketones is 1. The number of rotatable bonds is 6. The summed E-state index contributed by atoms with van der Waals surface area (Å²) in [6.45, 7) is 1.08. The third-order valence-electron chi connectivity index (χ3n) is 4.74. The highest BCUT2D eigenvalue weighted by molar-refractivity contribution is 7.99. The van der Waals surface area contributed by atoms with Gasteiger partial charge < -0.3 is 4.74 Å². The minimum Gasteiger partial charge on any atom is -0.376 e. The summed E-state index contributed by atoms with van der Waals surface area (Å²) < 4.78 is 21.1. The molecule has 1 saturated heterocycles. The van der Waals surface area contributed by atoms with Crippen LogP contribution in [0.15, 0.2) is 58.5 Å². The van der Waals surface area contributed by atoms with E-state index in [0.717, 1.165) is 24.6 Å². The third kappa shape index (κ3) is 3.86. The number of fused-ring (bicyclic) bond motifs is 1. The molecule has 28 heavy (non-hydrogen) atoms. The molecule has 0 aliphatic carbocycles. The van der Waals surface area contributed by atoms with Gasteiger partial charge in [-0.1, -0.05) is 36.0 Å². The molecule has 0 radical (unpaired) electrons. The van der Waals surface area contributed by atoms with Crippen LogP contribution in [0.3, 0.4) is 0 Å². The van der Waals surface area contributed by atoms with Crippen molar-refractivity contribution in [3.8, 4) is 0 Å². The van der Waals surface area contributed by atoms with E-state index in [2.05, 4.69) is 4.98 Å². The second-order valence-corrected chi connectivity index (χ2v) is 7.60. The largest absolute Gasteiger partial charge is 0.376 e. The van der Waals surface area contributed by atoms with Crippen molar-refractivity contribution in [1.82, 2.24) is 9.55 Å². The van der Waals surface area contributed by atoms with Gasteiger partial charge in [-0.2, -0.15) is 0 Å². The lowest BCUT2D eigenvalue weighted by atomic mass is 10.1. The molecule has 1 fully saturated rings. The molecule has 1 aliphatic heterocycles. The molecule has 0 unspecified atom stereocenters. The zero-order valence-corrected chi connectivity index (χ0v) is 16.0. The molecule has 7 heteroatoms. The number of ether oxygens (including phenoxy) is 1. The summed E-state index contributed by atoms with van der Waals surface area (Å²) in [6.07, 6.45) is 1.81. The van der Waals surface area contributed by atoms with Crippen LogP contribution < -0.4 is 5.56 Å². The Morgan fingerprint density at radius 3 is 2.79 bits per heavy atom. The molecule has 0 saturated carbocycles. The second-order valence-electron chi connectivity index (χ2n) is 6.65. The normalized spacial score (nSPS) is 16.5. The van der Waals surface area contributed by atoms with Crippen molar-refractivity contribution < 1.29 is 13.9 Å². The Morgan fingerprint density at radius 1 is 1.21 bits per heavy atom. The fourth-order valence-corrected chi connectivity index (χ4v) is 4.20. The van der Waals surface area contributed by atoms with Gasteiger partial charge in [0.05, 0.1) is 34.9 Å². The molecule has 0 N–H and O–H groups in total. The molecule has 144 valence electrons. The number of nitrogens with zero attached hydrogens (tertiary/aromatic N) is 2. The average molecular weight is 398 g/mol. The Morgan fingerprint density at radius 2 is 2.00 bits per heavy atom. The lowest BCUT2D eigenvalue weighted by Crippen LogP contribution is -2.29. The number of halogens is 1. The van der Waals surface area contributed by atoms with E-state index in [0.29, 0.717) is 29.2 Å². The van der Waals surface area contributed by atoms with Crippen molar-refractivity contribution in [1.29, 1.82) is 0 Å². The van der Waals surface area contributed by atoms with Gasteiger partial charge in [0.1, 0.15) is 5.82 Å². The fraction of sp³-hybridized carbons (Fsp3) is 0.286. The van der Waals surface area contributed by atoms with Crippen molar-refractivity contribution in [2.75, 3.05) is 12.4 Å². The molecule has 5 nitrogen and oxygen atoms in total. The zero-order valence-electron chi connectivity index (χ0n) is 15.1. The standard InChI is InChI=1S/C21H19FN2O3S/c22-17-9-3-1-7-15(17)19(25)13-28-21-23-18-10-4-2-8-16(18)20(26)24(21)12-14-6-5-11-27-14/h1-4,7-10,14H,5-6,11-13H2/t14-/m1/s1. The van der Waals surface area contributed by atoms with Gasteiger partial charge in [0.25, 0.3) is 5.56 Å². The molecule has 0 bridgehead atoms. The summed E-state index contributed by atoms with van der Waals surface area (Å²) in [4.78, 5) is 30.0. The first-order valence-corrected chi connectivity index (χ1v) is 10.1. The third-order valence-corrected chi connectivity index (χ3v) is 5.72. The zero-order chi connectivity index (χ0) is 19.5. The van der Waals surface area contributed by atoms with Gasteiger partial charge in [-0.3, -0.25) is 14.2 Å². The fourth-order valence-electron chi connectivity index (χ4n) is 3.31. The van der Waals surface area contributed by atoms with E-state index in [9.17, 15) is 14.0 Å². The van der Waals surface area contributed by atoms with E-state index in [1.54, 1.807) is 34.9 Å². The number of carbonyl (C=O) groups excluding carboxylic acids is 1. The quantitative estimate of drug-likeness (QED) is 0.360. The molecule has 0 spiro atoms. The van der Waals surface area contributed by atoms with Crippen molar-refractivity contribution in [3.63, 3.8) is 0 Å². The van der Waals surface area contributed by atoms with Crippen LogP contribution in [-0.4, -0.2) is 33.8 Å². The van der Waals surface area contributed by atoms with E-state index < -0.39 is 5.82 Å². The van der Waals surface area contributed by atoms with Gasteiger partial charge in [-0.15, -0.1) is 0 Å². The van der Waals surface area contributed by atoms with Gasteiger partial charge >= 0.3 is 0 Å². The summed E-state index contributed by atoms with van der Waals surface area (Å²) in [7, 11) is 0. The van der Waals surface area contributed by atoms with Gasteiger partial charge in [-0.05, 0) is 37.1 Å². The highest BCUT2D eigenvalue weighted by Gasteiger charge is 2.21. The molecule has 1 aromatic heterocycles. The summed E-state index contributed by atoms with van der Waals surface area (Å²) in [5.41, 5.74) is 0.475. The van der Waals surface area contributed by atoms with Crippen LogP contribution in [0.1, 0.15) is 23.2 Å². The SMILES string of the molecule is O=C(CSc1nc2ccccc2c(=O)n1C[C@H]1CCCO1)c1ccccc1F. The Labute approximate surface area is 165 Å². The first kappa shape index (κ1) is 18.8. The Kier molecular flexibility index (Phi) is 5.54. The van der Waals surface area contributed by atoms with Crippen LogP contribution in [0, 0.1) is 5.82 Å². The number of hydrogen-bond acceptors (Lipinski definition) is 5. The second kappa shape index (κ2) is 8.24. The molecule has 3 aromatic rings. The predicted octanol–water partition coefficient (Wildman–Crippen LogP) is 3.69. The summed E-state index contributed by atoms with van der Waals surface area (Å²) in [5.74, 6) is -0.887. The highest BCUT2D eigenvalue weighted by atomic mass is 32.2. The number of thioether (sulfide) groups is 1. The van der Waals surface area contributed by atoms with Crippen LogP contribution in [0.2, 0.25) is 0 Å². The van der Waals surface area contributed by atoms with E-state index in [1.165, 1.54) is 12.1 Å². The minimum atomic E-state index is -0.545. The minimum absolute atomic E-state index is 0.00274. The molecule has 1 atom stereocenters. The maximum Gasteiger partial charge on any atom is 0.262 e. The van der Waals surface area contributed by atoms with Crippen molar-refractivity contribution in [3.05, 3.63) is 70.3 Å². The highest BCUT2D eigenvalue weighted by Crippen LogP contribution is 2.22. The topological polar surface area (TPSA) is 61.2 Å². The lowest BCUT2D eigenvalue weighted by molar-refractivity contribution is 0.0937. The van der Waals surface area contributed by atoms with E-state index >= 15 is 0 Å². The number of para-hydroxylation sites is 1. The van der Waals surface area contributed by atoms with Crippen LogP contribution >= 0.6 is 11.8 Å². The first-order valence-electron chi connectivity index (χ1n) is 9.15. The van der Waals surface area contributed by atoms with Crippen molar-refractivity contribution >= 4 is 28.4 Å². The maximum atomic E-state index is 13.9. The van der Waals surface area contributed by atoms with Crippen molar-refractivity contribution in [2.45, 2.75) is 30.6 Å². The summed E-state index contributed by atoms with van der Waals surface area (Å²) in [5, 5.41) is 0.981. The Hall–Kier alpha value is -2.51. The number of aromatic nitrogens is 2. The van der Waals surface area contributed by atoms with E-state index in [-0.39, 0.29) is 28.8 Å². The van der Waals surface area contributed by atoms with E-state index in [4.69, 9.17) is 4.74 Å². The van der Waals surface area contributed by atoms with Crippen molar-refractivity contribution in [2.24, 2.45) is 0 Å². The number of hydrogen-bond donors (Lipinski definition) is 0. The molecule has 0 amide bonds. The molecular formula is C21H19FN2O3S. The monoisotopic (exact) mass is 398 g/mol. The number of Topliss-reactive ketones (excluding diaryl/α,β-unsaturated/α-hetero) is 1. The number of carbonyl (C=O) groups is 1. The van der Waals surface area contributed by atoms with Gasteiger partial charge in [0, 0.05) is 6.61 Å².